The number of nitrogens with one attached hydrogen (secondary N) is 1. The van der Waals surface area contributed by atoms with Gasteiger partial charge in [-0.05, 0) is 19.4 Å². The third-order valence-corrected chi connectivity index (χ3v) is 2.31. The van der Waals surface area contributed by atoms with Crippen LogP contribution < -0.4 is 11.3 Å². The Hall–Kier alpha value is -1.37. The Morgan fingerprint density at radius 1 is 1.39 bits per heavy atom. The molecule has 1 aromatic heterocycles. The molecule has 0 aromatic carbocycles. The van der Waals surface area contributed by atoms with Crippen molar-refractivity contribution in [1.29, 1.82) is 0 Å². The zero-order valence-corrected chi connectivity index (χ0v) is 10.8. The molecule has 6 heteroatoms. The van der Waals surface area contributed by atoms with Crippen LogP contribution in [0.25, 0.3) is 0 Å². The van der Waals surface area contributed by atoms with Crippen molar-refractivity contribution in [2.75, 3.05) is 19.8 Å². The smallest absolute Gasteiger partial charge is 0.268 e. The van der Waals surface area contributed by atoms with Crippen LogP contribution in [0.15, 0.2) is 10.5 Å². The SMILES string of the molecule is CCCOCCOCc1cc(C(=O)NN)c(C)o1. The van der Waals surface area contributed by atoms with Crippen molar-refractivity contribution >= 4 is 5.91 Å². The van der Waals surface area contributed by atoms with E-state index in [1.165, 1.54) is 0 Å². The van der Waals surface area contributed by atoms with E-state index in [9.17, 15) is 4.79 Å². The molecule has 0 atom stereocenters. The van der Waals surface area contributed by atoms with E-state index in [4.69, 9.17) is 19.7 Å². The van der Waals surface area contributed by atoms with Gasteiger partial charge >= 0.3 is 0 Å². The first-order valence-electron chi connectivity index (χ1n) is 5.94. The number of rotatable bonds is 8. The molecule has 102 valence electrons. The van der Waals surface area contributed by atoms with E-state index < -0.39 is 0 Å². The second kappa shape index (κ2) is 7.86. The average molecular weight is 256 g/mol. The first-order chi connectivity index (χ1) is 8.69. The maximum Gasteiger partial charge on any atom is 0.268 e. The molecule has 0 spiro atoms. The van der Waals surface area contributed by atoms with Gasteiger partial charge in [-0.3, -0.25) is 10.2 Å². The summed E-state index contributed by atoms with van der Waals surface area (Å²) in [6.07, 6.45) is 0.995. The van der Waals surface area contributed by atoms with Crippen molar-refractivity contribution in [3.05, 3.63) is 23.2 Å². The molecule has 1 rings (SSSR count). The molecule has 0 saturated carbocycles. The average Bonchev–Trinajstić information content (AvgIpc) is 2.74. The largest absolute Gasteiger partial charge is 0.463 e. The molecule has 0 aliphatic rings. The highest BCUT2D eigenvalue weighted by Gasteiger charge is 2.13. The zero-order chi connectivity index (χ0) is 13.4. The molecule has 1 amide bonds. The molecule has 3 N–H and O–H groups in total. The summed E-state index contributed by atoms with van der Waals surface area (Å²) >= 11 is 0. The van der Waals surface area contributed by atoms with Crippen molar-refractivity contribution in [3.8, 4) is 0 Å². The maximum absolute atomic E-state index is 11.3. The van der Waals surface area contributed by atoms with Gasteiger partial charge in [0.2, 0.25) is 0 Å². The van der Waals surface area contributed by atoms with Gasteiger partial charge in [0.25, 0.3) is 5.91 Å². The van der Waals surface area contributed by atoms with Gasteiger partial charge in [0.1, 0.15) is 18.1 Å². The Bertz CT molecular complexity index is 376. The Morgan fingerprint density at radius 2 is 2.11 bits per heavy atom. The number of aryl methyl sites for hydroxylation is 1. The first-order valence-corrected chi connectivity index (χ1v) is 5.94. The van der Waals surface area contributed by atoms with Crippen LogP contribution in [0.4, 0.5) is 0 Å². The van der Waals surface area contributed by atoms with Crippen LogP contribution in [-0.2, 0) is 16.1 Å². The fourth-order valence-electron chi connectivity index (χ4n) is 1.46. The number of amides is 1. The minimum absolute atomic E-state index is 0.314. The highest BCUT2D eigenvalue weighted by molar-refractivity contribution is 5.94. The van der Waals surface area contributed by atoms with Crippen LogP contribution >= 0.6 is 0 Å². The molecule has 0 bridgehead atoms. The summed E-state index contributed by atoms with van der Waals surface area (Å²) in [5.74, 6) is 5.82. The van der Waals surface area contributed by atoms with Crippen molar-refractivity contribution in [2.45, 2.75) is 26.9 Å². The second-order valence-corrected chi connectivity index (χ2v) is 3.82. The predicted octanol–water partition coefficient (Wildman–Crippen LogP) is 1.13. The number of carbonyl (C=O) groups is 1. The highest BCUT2D eigenvalue weighted by atomic mass is 16.5. The van der Waals surface area contributed by atoms with Gasteiger partial charge in [-0.25, -0.2) is 5.84 Å². The van der Waals surface area contributed by atoms with E-state index >= 15 is 0 Å². The Morgan fingerprint density at radius 3 is 2.78 bits per heavy atom. The van der Waals surface area contributed by atoms with Gasteiger partial charge in [0.15, 0.2) is 0 Å². The summed E-state index contributed by atoms with van der Waals surface area (Å²) in [5.41, 5.74) is 2.50. The number of ether oxygens (including phenoxy) is 2. The summed E-state index contributed by atoms with van der Waals surface area (Å²) in [6.45, 7) is 5.87. The molecule has 18 heavy (non-hydrogen) atoms. The van der Waals surface area contributed by atoms with Crippen LogP contribution in [-0.4, -0.2) is 25.7 Å². The van der Waals surface area contributed by atoms with E-state index in [2.05, 4.69) is 12.3 Å². The van der Waals surface area contributed by atoms with Gasteiger partial charge in [-0.2, -0.15) is 0 Å². The quantitative estimate of drug-likeness (QED) is 0.315. The Labute approximate surface area is 106 Å². The van der Waals surface area contributed by atoms with Gasteiger partial charge in [0, 0.05) is 6.61 Å². The lowest BCUT2D eigenvalue weighted by Crippen LogP contribution is -2.30. The number of nitrogen functional groups attached to an aromatic ring is 1. The first kappa shape index (κ1) is 14.7. The molecule has 0 saturated heterocycles. The fourth-order valence-corrected chi connectivity index (χ4v) is 1.46. The molecule has 1 heterocycles. The third-order valence-electron chi connectivity index (χ3n) is 2.31. The molecule has 0 aliphatic heterocycles. The lowest BCUT2D eigenvalue weighted by atomic mass is 10.2. The van der Waals surface area contributed by atoms with Crippen LogP contribution in [0.5, 0.6) is 0 Å². The van der Waals surface area contributed by atoms with Gasteiger partial charge in [-0.15, -0.1) is 0 Å². The summed E-state index contributed by atoms with van der Waals surface area (Å²) in [7, 11) is 0. The minimum atomic E-state index is -0.367. The van der Waals surface area contributed by atoms with Gasteiger partial charge in [0.05, 0.1) is 18.8 Å². The fraction of sp³-hybridized carbons (Fsp3) is 0.583. The number of hydrogen-bond acceptors (Lipinski definition) is 5. The number of hydrazine groups is 1. The van der Waals surface area contributed by atoms with Crippen molar-refractivity contribution in [2.24, 2.45) is 5.84 Å². The molecule has 1 aromatic rings. The molecular formula is C12H20N2O4. The number of carbonyl (C=O) groups excluding carboxylic acids is 1. The Kier molecular flexibility index (Phi) is 6.42. The number of hydrogen-bond donors (Lipinski definition) is 2. The number of nitrogens with two attached hydrogens (primary N) is 1. The van der Waals surface area contributed by atoms with Crippen molar-refractivity contribution < 1.29 is 18.7 Å². The maximum atomic E-state index is 11.3. The molecule has 0 aliphatic carbocycles. The topological polar surface area (TPSA) is 86.7 Å². The van der Waals surface area contributed by atoms with E-state index in [-0.39, 0.29) is 5.91 Å². The molecule has 0 radical (unpaired) electrons. The summed E-state index contributed by atoms with van der Waals surface area (Å²) in [6, 6.07) is 1.63. The third kappa shape index (κ3) is 4.48. The lowest BCUT2D eigenvalue weighted by Gasteiger charge is -2.02. The molecule has 0 unspecified atom stereocenters. The van der Waals surface area contributed by atoms with E-state index in [0.717, 1.165) is 13.0 Å². The normalized spacial score (nSPS) is 10.6. The van der Waals surface area contributed by atoms with Gasteiger partial charge < -0.3 is 13.9 Å². The number of furan rings is 1. The second-order valence-electron chi connectivity index (χ2n) is 3.82. The van der Waals surface area contributed by atoms with Crippen LogP contribution in [0.2, 0.25) is 0 Å². The van der Waals surface area contributed by atoms with Crippen LogP contribution in [0.1, 0.15) is 35.2 Å². The standard InChI is InChI=1S/C12H20N2O4/c1-3-4-16-5-6-17-8-10-7-11(9(2)18-10)12(15)14-13/h7H,3-6,8,13H2,1-2H3,(H,14,15). The van der Waals surface area contributed by atoms with E-state index in [1.807, 2.05) is 0 Å². The minimum Gasteiger partial charge on any atom is -0.463 e. The summed E-state index contributed by atoms with van der Waals surface area (Å²) in [5, 5.41) is 0. The van der Waals surface area contributed by atoms with Crippen LogP contribution in [0, 0.1) is 6.92 Å². The van der Waals surface area contributed by atoms with E-state index in [1.54, 1.807) is 13.0 Å². The van der Waals surface area contributed by atoms with Crippen molar-refractivity contribution in [1.82, 2.24) is 5.43 Å². The summed E-state index contributed by atoms with van der Waals surface area (Å²) < 4.78 is 16.0. The lowest BCUT2D eigenvalue weighted by molar-refractivity contribution is 0.0348. The summed E-state index contributed by atoms with van der Waals surface area (Å²) in [4.78, 5) is 11.3. The molecular weight excluding hydrogens is 236 g/mol. The van der Waals surface area contributed by atoms with Crippen molar-refractivity contribution in [3.63, 3.8) is 0 Å². The molecule has 0 fully saturated rings. The van der Waals surface area contributed by atoms with Gasteiger partial charge in [-0.1, -0.05) is 6.92 Å². The highest BCUT2D eigenvalue weighted by Crippen LogP contribution is 2.15. The van der Waals surface area contributed by atoms with Crippen LogP contribution in [0.3, 0.4) is 0 Å². The Balaban J connectivity index is 2.33. The predicted molar refractivity (Wildman–Crippen MR) is 65.9 cm³/mol. The monoisotopic (exact) mass is 256 g/mol. The van der Waals surface area contributed by atoms with E-state index in [0.29, 0.717) is 36.9 Å². The zero-order valence-electron chi connectivity index (χ0n) is 10.8. The molecule has 6 nitrogen and oxygen atoms in total.